The molecule has 6 nitrogen and oxygen atoms in total. The number of ether oxygens (including phenoxy) is 1. The lowest BCUT2D eigenvalue weighted by Crippen LogP contribution is -2.35. The highest BCUT2D eigenvalue weighted by Gasteiger charge is 2.17. The molecule has 0 aliphatic heterocycles. The first kappa shape index (κ1) is 17.2. The van der Waals surface area contributed by atoms with Crippen LogP contribution in [0.5, 0.6) is 0 Å². The maximum Gasteiger partial charge on any atom is 0.256 e. The predicted octanol–water partition coefficient (Wildman–Crippen LogP) is 1.07. The van der Waals surface area contributed by atoms with E-state index < -0.39 is 6.10 Å². The van der Waals surface area contributed by atoms with Gasteiger partial charge in [0.2, 0.25) is 5.13 Å². The van der Waals surface area contributed by atoms with Crippen LogP contribution in [0.25, 0.3) is 0 Å². The zero-order valence-electron chi connectivity index (χ0n) is 10.7. The van der Waals surface area contributed by atoms with Crippen molar-refractivity contribution in [2.75, 3.05) is 19.0 Å². The van der Waals surface area contributed by atoms with Crippen LogP contribution >= 0.6 is 23.7 Å². The number of hydrogen-bond donors (Lipinski definition) is 2. The number of nitrogens with zero attached hydrogens (tertiary/aromatic N) is 2. The fourth-order valence-corrected chi connectivity index (χ4v) is 2.19. The summed E-state index contributed by atoms with van der Waals surface area (Å²) in [6.45, 7) is 4.35. The van der Waals surface area contributed by atoms with Crippen molar-refractivity contribution in [3.8, 4) is 0 Å². The summed E-state index contributed by atoms with van der Waals surface area (Å²) < 4.78 is 4.92. The van der Waals surface area contributed by atoms with Gasteiger partial charge in [-0.2, -0.15) is 0 Å². The van der Waals surface area contributed by atoms with Crippen LogP contribution < -0.4 is 11.1 Å². The number of amides is 1. The van der Waals surface area contributed by atoms with Gasteiger partial charge in [-0.25, -0.2) is 0 Å². The van der Waals surface area contributed by atoms with Crippen LogP contribution in [0.1, 0.15) is 18.9 Å². The highest BCUT2D eigenvalue weighted by molar-refractivity contribution is 7.15. The van der Waals surface area contributed by atoms with E-state index in [4.69, 9.17) is 10.5 Å². The topological polar surface area (TPSA) is 90.1 Å². The fourth-order valence-electron chi connectivity index (χ4n) is 1.23. The zero-order chi connectivity index (χ0) is 12.8. The molecule has 0 saturated carbocycles. The van der Waals surface area contributed by atoms with Crippen molar-refractivity contribution >= 4 is 34.8 Å². The minimum atomic E-state index is -0.646. The van der Waals surface area contributed by atoms with Gasteiger partial charge >= 0.3 is 0 Å². The molecule has 1 heterocycles. The number of carbonyl (C=O) groups excluding carboxylic acids is 1. The molecule has 0 spiro atoms. The van der Waals surface area contributed by atoms with Gasteiger partial charge in [-0.3, -0.25) is 10.1 Å². The van der Waals surface area contributed by atoms with Crippen molar-refractivity contribution in [1.29, 1.82) is 0 Å². The lowest BCUT2D eigenvalue weighted by Gasteiger charge is -2.10. The molecule has 0 fully saturated rings. The van der Waals surface area contributed by atoms with Crippen LogP contribution in [0.4, 0.5) is 5.13 Å². The summed E-state index contributed by atoms with van der Waals surface area (Å²) in [4.78, 5) is 11.6. The maximum atomic E-state index is 11.6. The lowest BCUT2D eigenvalue weighted by molar-refractivity contribution is -0.125. The van der Waals surface area contributed by atoms with Crippen molar-refractivity contribution in [2.45, 2.75) is 26.4 Å². The second-order valence-electron chi connectivity index (χ2n) is 4.05. The highest BCUT2D eigenvalue weighted by atomic mass is 35.5. The van der Waals surface area contributed by atoms with Crippen LogP contribution in [-0.4, -0.2) is 35.9 Å². The largest absolute Gasteiger partial charge is 0.370 e. The molecule has 1 atom stereocenters. The number of hydrogen-bond acceptors (Lipinski definition) is 6. The summed E-state index contributed by atoms with van der Waals surface area (Å²) in [5.74, 6) is 0.226. The third-order valence-corrected chi connectivity index (χ3v) is 2.93. The van der Waals surface area contributed by atoms with Crippen LogP contribution in [0.2, 0.25) is 0 Å². The van der Waals surface area contributed by atoms with Gasteiger partial charge in [-0.1, -0.05) is 25.2 Å². The van der Waals surface area contributed by atoms with Crippen LogP contribution in [0, 0.1) is 5.92 Å². The molecule has 104 valence electrons. The van der Waals surface area contributed by atoms with E-state index in [0.717, 1.165) is 11.4 Å². The van der Waals surface area contributed by atoms with E-state index in [9.17, 15) is 4.79 Å². The molecule has 0 bridgehead atoms. The SMILES string of the molecule is COC(CN)C(=O)Nc1nnc(CC(C)C)s1.Cl. The molecule has 0 saturated heterocycles. The average molecular weight is 295 g/mol. The Morgan fingerprint density at radius 3 is 2.67 bits per heavy atom. The van der Waals surface area contributed by atoms with Crippen LogP contribution in [0.3, 0.4) is 0 Å². The number of aromatic nitrogens is 2. The highest BCUT2D eigenvalue weighted by Crippen LogP contribution is 2.18. The molecule has 0 aliphatic rings. The monoisotopic (exact) mass is 294 g/mol. The van der Waals surface area contributed by atoms with E-state index in [-0.39, 0.29) is 24.9 Å². The van der Waals surface area contributed by atoms with E-state index in [1.54, 1.807) is 0 Å². The van der Waals surface area contributed by atoms with Crippen molar-refractivity contribution in [3.05, 3.63) is 5.01 Å². The number of rotatable bonds is 6. The van der Waals surface area contributed by atoms with Crippen molar-refractivity contribution in [1.82, 2.24) is 10.2 Å². The van der Waals surface area contributed by atoms with Crippen molar-refractivity contribution < 1.29 is 9.53 Å². The summed E-state index contributed by atoms with van der Waals surface area (Å²) in [6, 6.07) is 0. The van der Waals surface area contributed by atoms with Gasteiger partial charge in [0.1, 0.15) is 11.1 Å². The van der Waals surface area contributed by atoms with E-state index in [1.165, 1.54) is 18.4 Å². The van der Waals surface area contributed by atoms with Crippen molar-refractivity contribution in [2.24, 2.45) is 11.7 Å². The van der Waals surface area contributed by atoms with Crippen LogP contribution in [0.15, 0.2) is 0 Å². The molecule has 1 rings (SSSR count). The fraction of sp³-hybridized carbons (Fsp3) is 0.700. The Balaban J connectivity index is 0.00000289. The summed E-state index contributed by atoms with van der Waals surface area (Å²) in [5.41, 5.74) is 5.39. The summed E-state index contributed by atoms with van der Waals surface area (Å²) in [6.07, 6.45) is 0.213. The summed E-state index contributed by atoms with van der Waals surface area (Å²) in [7, 11) is 1.45. The summed E-state index contributed by atoms with van der Waals surface area (Å²) in [5, 5.41) is 11.9. The second-order valence-corrected chi connectivity index (χ2v) is 5.11. The molecule has 0 radical (unpaired) electrons. The first-order valence-electron chi connectivity index (χ1n) is 5.43. The zero-order valence-corrected chi connectivity index (χ0v) is 12.3. The molecule has 1 aromatic rings. The first-order chi connectivity index (χ1) is 8.06. The number of anilines is 1. The quantitative estimate of drug-likeness (QED) is 0.819. The molecular formula is C10H19ClN4O2S. The van der Waals surface area contributed by atoms with E-state index in [1.807, 2.05) is 0 Å². The van der Waals surface area contributed by atoms with Crippen LogP contribution in [-0.2, 0) is 16.0 Å². The molecule has 8 heteroatoms. The minimum Gasteiger partial charge on any atom is -0.370 e. The Hall–Kier alpha value is -0.760. The molecule has 1 unspecified atom stereocenters. The second kappa shape index (κ2) is 8.36. The molecule has 1 amide bonds. The number of methoxy groups -OCH3 is 1. The maximum absolute atomic E-state index is 11.6. The molecule has 18 heavy (non-hydrogen) atoms. The Morgan fingerprint density at radius 2 is 2.17 bits per heavy atom. The van der Waals surface area contributed by atoms with Gasteiger partial charge in [0.05, 0.1) is 0 Å². The van der Waals surface area contributed by atoms with E-state index >= 15 is 0 Å². The molecule has 0 aliphatic carbocycles. The minimum absolute atomic E-state index is 0. The molecule has 1 aromatic heterocycles. The normalized spacial score (nSPS) is 12.1. The van der Waals surface area contributed by atoms with Gasteiger partial charge < -0.3 is 10.5 Å². The summed E-state index contributed by atoms with van der Waals surface area (Å²) >= 11 is 1.38. The van der Waals surface area contributed by atoms with Gasteiger partial charge in [-0.15, -0.1) is 22.6 Å². The van der Waals surface area contributed by atoms with Gasteiger partial charge in [0, 0.05) is 20.1 Å². The molecule has 3 N–H and O–H groups in total. The third-order valence-electron chi connectivity index (χ3n) is 2.07. The van der Waals surface area contributed by atoms with E-state index in [0.29, 0.717) is 11.0 Å². The van der Waals surface area contributed by atoms with Gasteiger partial charge in [-0.05, 0) is 5.92 Å². The number of halogens is 1. The standard InChI is InChI=1S/C10H18N4O2S.ClH/c1-6(2)4-8-13-14-10(17-8)12-9(15)7(5-11)16-3;/h6-7H,4-5,11H2,1-3H3,(H,12,14,15);1H. The van der Waals surface area contributed by atoms with Gasteiger partial charge in [0.25, 0.3) is 5.91 Å². The third kappa shape index (κ3) is 5.26. The smallest absolute Gasteiger partial charge is 0.256 e. The average Bonchev–Trinajstić information content (AvgIpc) is 2.66. The number of nitrogens with two attached hydrogens (primary N) is 1. The Labute approximate surface area is 117 Å². The number of nitrogens with one attached hydrogen (secondary N) is 1. The Kier molecular flexibility index (Phi) is 8.01. The lowest BCUT2D eigenvalue weighted by atomic mass is 10.1. The number of carbonyl (C=O) groups is 1. The van der Waals surface area contributed by atoms with E-state index in [2.05, 4.69) is 29.4 Å². The Morgan fingerprint density at radius 1 is 1.50 bits per heavy atom. The van der Waals surface area contributed by atoms with Gasteiger partial charge in [0.15, 0.2) is 0 Å². The molecule has 0 aromatic carbocycles. The first-order valence-corrected chi connectivity index (χ1v) is 6.24. The predicted molar refractivity (Wildman–Crippen MR) is 74.2 cm³/mol. The molecular weight excluding hydrogens is 276 g/mol. The Bertz CT molecular complexity index is 369. The van der Waals surface area contributed by atoms with Crippen molar-refractivity contribution in [3.63, 3.8) is 0 Å².